The normalized spacial score (nSPS) is 13.0. The van der Waals surface area contributed by atoms with Gasteiger partial charge in [0.05, 0.1) is 16.2 Å². The lowest BCUT2D eigenvalue weighted by molar-refractivity contribution is 0.502. The van der Waals surface area contributed by atoms with Crippen LogP contribution < -0.4 is 0 Å². The minimum atomic E-state index is -4.55. The summed E-state index contributed by atoms with van der Waals surface area (Å²) in [6.07, 6.45) is 0.713. The van der Waals surface area contributed by atoms with Crippen molar-refractivity contribution in [2.24, 2.45) is 0 Å². The maximum absolute atomic E-state index is 13.7. The molecule has 0 radical (unpaired) electrons. The average molecular weight is 440 g/mol. The highest BCUT2D eigenvalue weighted by molar-refractivity contribution is 7.90. The Morgan fingerprint density at radius 2 is 1.70 bits per heavy atom. The molecule has 0 bridgehead atoms. The maximum atomic E-state index is 13.7. The summed E-state index contributed by atoms with van der Waals surface area (Å²) in [6.45, 7) is 1.32. The van der Waals surface area contributed by atoms with Gasteiger partial charge in [-0.05, 0) is 13.0 Å². The van der Waals surface area contributed by atoms with Crippen LogP contribution in [-0.4, -0.2) is 53.4 Å². The van der Waals surface area contributed by atoms with Crippen LogP contribution in [0.4, 0.5) is 8.78 Å². The average Bonchev–Trinajstić information content (AvgIpc) is 3.15. The van der Waals surface area contributed by atoms with Crippen molar-refractivity contribution in [1.29, 1.82) is 0 Å². The van der Waals surface area contributed by atoms with Gasteiger partial charge in [0.15, 0.2) is 11.6 Å². The predicted molar refractivity (Wildman–Crippen MR) is 92.2 cm³/mol. The predicted octanol–water partition coefficient (Wildman–Crippen LogP) is 1.36. The first-order valence-corrected chi connectivity index (χ1v) is 10.4. The van der Waals surface area contributed by atoms with Crippen LogP contribution in [0.15, 0.2) is 23.6 Å². The zero-order valence-electron chi connectivity index (χ0n) is 14.1. The molecule has 0 N–H and O–H groups in total. The van der Waals surface area contributed by atoms with Gasteiger partial charge in [-0.25, -0.2) is 17.7 Å². The first kappa shape index (κ1) is 19.7. The molecule has 3 rings (SSSR count). The van der Waals surface area contributed by atoms with Crippen molar-refractivity contribution in [2.75, 3.05) is 14.1 Å². The van der Waals surface area contributed by atoms with E-state index in [0.29, 0.717) is 20.5 Å². The minimum Gasteiger partial charge on any atom is -0.234 e. The van der Waals surface area contributed by atoms with Crippen molar-refractivity contribution < 1.29 is 25.6 Å². The highest BCUT2D eigenvalue weighted by Crippen LogP contribution is 2.34. The van der Waals surface area contributed by atoms with Crippen LogP contribution in [0, 0.1) is 18.6 Å². The molecule has 1 aromatic carbocycles. The highest BCUT2D eigenvalue weighted by atomic mass is 35.5. The molecule has 0 saturated carbocycles. The Morgan fingerprint density at radius 1 is 1.11 bits per heavy atom. The Hall–Kier alpha value is -2.09. The van der Waals surface area contributed by atoms with Gasteiger partial charge < -0.3 is 0 Å². The summed E-state index contributed by atoms with van der Waals surface area (Å²) in [4.78, 5) is 3.54. The summed E-state index contributed by atoms with van der Waals surface area (Å²) >= 11 is 6.06. The fourth-order valence-corrected chi connectivity index (χ4v) is 4.78. The Labute approximate surface area is 158 Å². The summed E-state index contributed by atoms with van der Waals surface area (Å²) in [7, 11) is -6.19. The molecule has 0 saturated heterocycles. The van der Waals surface area contributed by atoms with Crippen LogP contribution in [0.2, 0.25) is 5.02 Å². The zero-order valence-corrected chi connectivity index (χ0v) is 16.4. The molecule has 2 aromatic heterocycles. The lowest BCUT2D eigenvalue weighted by Gasteiger charge is -2.09. The molecular weight excluding hydrogens is 428 g/mol. The van der Waals surface area contributed by atoms with Crippen LogP contribution in [0.5, 0.6) is 0 Å². The van der Waals surface area contributed by atoms with Gasteiger partial charge >= 0.3 is 20.2 Å². The van der Waals surface area contributed by atoms with Gasteiger partial charge in [0.1, 0.15) is 6.33 Å². The smallest absolute Gasteiger partial charge is 0.234 e. The van der Waals surface area contributed by atoms with E-state index >= 15 is 0 Å². The van der Waals surface area contributed by atoms with Gasteiger partial charge in [-0.3, -0.25) is 0 Å². The van der Waals surface area contributed by atoms with Crippen molar-refractivity contribution in [3.05, 3.63) is 40.8 Å². The van der Waals surface area contributed by atoms with E-state index in [1.807, 2.05) is 0 Å². The molecule has 0 aliphatic rings. The molecule has 2 heterocycles. The van der Waals surface area contributed by atoms with Gasteiger partial charge in [0.25, 0.3) is 5.16 Å². The zero-order chi connectivity index (χ0) is 20.3. The van der Waals surface area contributed by atoms with E-state index in [4.69, 9.17) is 11.6 Å². The van der Waals surface area contributed by atoms with Gasteiger partial charge in [0, 0.05) is 25.5 Å². The van der Waals surface area contributed by atoms with Crippen molar-refractivity contribution in [3.8, 4) is 0 Å². The number of fused-ring (bicyclic) bond motifs is 1. The number of hydrogen-bond donors (Lipinski definition) is 0. The van der Waals surface area contributed by atoms with E-state index in [-0.39, 0.29) is 21.6 Å². The third kappa shape index (κ3) is 2.90. The lowest BCUT2D eigenvalue weighted by atomic mass is 10.2. The van der Waals surface area contributed by atoms with Gasteiger partial charge in [-0.15, -0.1) is 9.19 Å². The summed E-state index contributed by atoms with van der Waals surface area (Å²) in [5.41, 5.74) is -0.272. The molecule has 14 heteroatoms. The van der Waals surface area contributed by atoms with Crippen LogP contribution in [0.3, 0.4) is 0 Å². The second-order valence-electron chi connectivity index (χ2n) is 5.64. The summed E-state index contributed by atoms with van der Waals surface area (Å²) in [5.74, 6) is -2.47. The molecule has 0 unspecified atom stereocenters. The molecule has 0 amide bonds. The van der Waals surface area contributed by atoms with E-state index in [0.717, 1.165) is 10.4 Å². The maximum Gasteiger partial charge on any atom is 0.323 e. The van der Waals surface area contributed by atoms with E-state index in [2.05, 4.69) is 10.1 Å². The summed E-state index contributed by atoms with van der Waals surface area (Å²) < 4.78 is 78.9. The van der Waals surface area contributed by atoms with E-state index < -0.39 is 37.0 Å². The standard InChI is InChI=1S/C13H12ClF2N5O4S2/c1-7-12(14)8-4-9(15)10(16)5-11(8)21(7)26(22,23)13-17-6-20(18-13)27(24,25)19(2)3/h4-6H,1-3H3. The molecular formula is C13H12ClF2N5O4S2. The van der Waals surface area contributed by atoms with Gasteiger partial charge in [0.2, 0.25) is 0 Å². The molecule has 0 spiro atoms. The number of halogens is 3. The van der Waals surface area contributed by atoms with Crippen LogP contribution in [0.1, 0.15) is 5.69 Å². The van der Waals surface area contributed by atoms with Crippen molar-refractivity contribution in [2.45, 2.75) is 12.1 Å². The molecule has 3 aromatic rings. The Kier molecular flexibility index (Phi) is 4.53. The third-order valence-corrected chi connectivity index (χ3v) is 7.38. The van der Waals surface area contributed by atoms with Crippen molar-refractivity contribution in [3.63, 3.8) is 0 Å². The quantitative estimate of drug-likeness (QED) is 0.607. The lowest BCUT2D eigenvalue weighted by Crippen LogP contribution is -2.29. The van der Waals surface area contributed by atoms with Gasteiger partial charge in [-0.2, -0.15) is 21.1 Å². The number of hydrogen-bond acceptors (Lipinski definition) is 6. The topological polar surface area (TPSA) is 107 Å². The number of benzene rings is 1. The second kappa shape index (κ2) is 6.22. The third-order valence-electron chi connectivity index (χ3n) is 3.74. The molecule has 146 valence electrons. The molecule has 0 aliphatic heterocycles. The first-order chi connectivity index (χ1) is 12.4. The van der Waals surface area contributed by atoms with E-state index in [1.54, 1.807) is 0 Å². The highest BCUT2D eigenvalue weighted by Gasteiger charge is 2.30. The molecule has 27 heavy (non-hydrogen) atoms. The summed E-state index contributed by atoms with van der Waals surface area (Å²) in [6, 6.07) is 1.45. The van der Waals surface area contributed by atoms with E-state index in [9.17, 15) is 25.6 Å². The van der Waals surface area contributed by atoms with Crippen molar-refractivity contribution >= 4 is 42.7 Å². The fourth-order valence-electron chi connectivity index (χ4n) is 2.37. The minimum absolute atomic E-state index is 0.0306. The summed E-state index contributed by atoms with van der Waals surface area (Å²) in [5, 5.41) is 2.52. The molecule has 0 atom stereocenters. The number of nitrogens with zero attached hydrogens (tertiary/aromatic N) is 5. The van der Waals surface area contributed by atoms with Crippen LogP contribution in [-0.2, 0) is 20.2 Å². The molecule has 9 nitrogen and oxygen atoms in total. The van der Waals surface area contributed by atoms with Crippen LogP contribution >= 0.6 is 11.6 Å². The van der Waals surface area contributed by atoms with Crippen molar-refractivity contribution in [1.82, 2.24) is 22.4 Å². The number of aromatic nitrogens is 4. The van der Waals surface area contributed by atoms with Crippen LogP contribution in [0.25, 0.3) is 10.9 Å². The Balaban J connectivity index is 2.27. The van der Waals surface area contributed by atoms with Gasteiger partial charge in [-0.1, -0.05) is 11.6 Å². The SMILES string of the molecule is Cc1c(Cl)c2cc(F)c(F)cc2n1S(=O)(=O)c1ncn(S(=O)(=O)N(C)C)n1. The Morgan fingerprint density at radius 3 is 2.30 bits per heavy atom. The largest absolute Gasteiger partial charge is 0.323 e. The first-order valence-electron chi connectivity index (χ1n) is 7.15. The monoisotopic (exact) mass is 439 g/mol. The molecule has 0 fully saturated rings. The molecule has 0 aliphatic carbocycles. The Bertz CT molecular complexity index is 1280. The number of rotatable bonds is 4. The van der Waals surface area contributed by atoms with E-state index in [1.165, 1.54) is 21.0 Å². The fraction of sp³-hybridized carbons (Fsp3) is 0.231. The second-order valence-corrected chi connectivity index (χ2v) is 9.70.